The lowest BCUT2D eigenvalue weighted by Gasteiger charge is -2.26. The van der Waals surface area contributed by atoms with Crippen molar-refractivity contribution in [3.8, 4) is 0 Å². The molecule has 2 unspecified atom stereocenters. The number of esters is 1. The van der Waals surface area contributed by atoms with E-state index in [0.717, 1.165) is 4.74 Å². The van der Waals surface area contributed by atoms with E-state index in [1.165, 1.54) is 6.21 Å². The van der Waals surface area contributed by atoms with Gasteiger partial charge >= 0.3 is 5.97 Å². The highest BCUT2D eigenvalue weighted by molar-refractivity contribution is 5.81. The van der Waals surface area contributed by atoms with Crippen molar-refractivity contribution in [3.63, 3.8) is 0 Å². The minimum absolute atomic E-state index is 0.00579. The van der Waals surface area contributed by atoms with Crippen LogP contribution in [0.5, 0.6) is 0 Å². The smallest absolute Gasteiger partial charge is 0.380 e. The maximum Gasteiger partial charge on any atom is 0.380 e. The maximum atomic E-state index is 11.7. The molecule has 4 nitrogen and oxygen atoms in total. The maximum absolute atomic E-state index is 11.7. The highest BCUT2D eigenvalue weighted by Crippen LogP contribution is 2.29. The van der Waals surface area contributed by atoms with E-state index >= 15 is 0 Å². The lowest BCUT2D eigenvalue weighted by atomic mass is 9.88. The fraction of sp³-hybridized carbons (Fsp3) is 0.800. The summed E-state index contributed by atoms with van der Waals surface area (Å²) in [6.07, 6.45) is 1.96. The van der Waals surface area contributed by atoms with Crippen molar-refractivity contribution in [1.29, 1.82) is 0 Å². The number of hydrogen-bond acceptors (Lipinski definition) is 3. The SMILES string of the molecule is CC(C)OC(=O)C1(C)C(C)CC=[N+]1[O-]. The Morgan fingerprint density at radius 2 is 2.29 bits per heavy atom. The molecular formula is C10H17NO3. The molecule has 0 fully saturated rings. The Hall–Kier alpha value is -1.06. The van der Waals surface area contributed by atoms with Crippen LogP contribution in [0.15, 0.2) is 0 Å². The average Bonchev–Trinajstić information content (AvgIpc) is 2.33. The first-order valence-electron chi connectivity index (χ1n) is 4.90. The highest BCUT2D eigenvalue weighted by Gasteiger charge is 2.52. The van der Waals surface area contributed by atoms with Gasteiger partial charge in [-0.05, 0) is 13.8 Å². The molecule has 0 N–H and O–H groups in total. The minimum Gasteiger partial charge on any atom is -0.623 e. The molecule has 1 aliphatic rings. The third kappa shape index (κ3) is 1.61. The van der Waals surface area contributed by atoms with Gasteiger partial charge in [0.1, 0.15) is 0 Å². The van der Waals surface area contributed by atoms with E-state index < -0.39 is 11.5 Å². The van der Waals surface area contributed by atoms with Crippen molar-refractivity contribution < 1.29 is 14.3 Å². The van der Waals surface area contributed by atoms with Gasteiger partial charge in [0, 0.05) is 19.3 Å². The van der Waals surface area contributed by atoms with Crippen LogP contribution in [-0.2, 0) is 9.53 Å². The molecule has 0 saturated heterocycles. The molecule has 0 bridgehead atoms. The Balaban J connectivity index is 2.83. The van der Waals surface area contributed by atoms with Gasteiger partial charge in [-0.15, -0.1) is 0 Å². The normalized spacial score (nSPS) is 31.8. The van der Waals surface area contributed by atoms with Crippen LogP contribution < -0.4 is 0 Å². The summed E-state index contributed by atoms with van der Waals surface area (Å²) in [6.45, 7) is 7.08. The Morgan fingerprint density at radius 1 is 1.71 bits per heavy atom. The predicted molar refractivity (Wildman–Crippen MR) is 53.1 cm³/mol. The third-order valence-corrected chi connectivity index (χ3v) is 2.80. The van der Waals surface area contributed by atoms with Crippen molar-refractivity contribution >= 4 is 12.2 Å². The van der Waals surface area contributed by atoms with E-state index in [1.54, 1.807) is 20.8 Å². The molecule has 14 heavy (non-hydrogen) atoms. The second-order valence-electron chi connectivity index (χ2n) is 4.25. The summed E-state index contributed by atoms with van der Waals surface area (Å²) in [4.78, 5) is 11.7. The molecule has 0 spiro atoms. The number of hydroxylamine groups is 1. The Morgan fingerprint density at radius 3 is 2.64 bits per heavy atom. The Kier molecular flexibility index (Phi) is 2.83. The zero-order valence-electron chi connectivity index (χ0n) is 9.11. The molecule has 80 valence electrons. The van der Waals surface area contributed by atoms with Gasteiger partial charge in [-0.1, -0.05) is 6.92 Å². The first-order chi connectivity index (χ1) is 6.39. The van der Waals surface area contributed by atoms with Crippen molar-refractivity contribution in [2.75, 3.05) is 0 Å². The quantitative estimate of drug-likeness (QED) is 0.383. The van der Waals surface area contributed by atoms with E-state index in [1.807, 2.05) is 6.92 Å². The Bertz CT molecular complexity index is 273. The first-order valence-corrected chi connectivity index (χ1v) is 4.90. The van der Waals surface area contributed by atoms with E-state index in [9.17, 15) is 10.0 Å². The second kappa shape index (κ2) is 3.59. The van der Waals surface area contributed by atoms with Crippen molar-refractivity contribution in [1.82, 2.24) is 0 Å². The number of hydrogen-bond donors (Lipinski definition) is 0. The van der Waals surface area contributed by atoms with Crippen LogP contribution in [0.1, 0.15) is 34.1 Å². The van der Waals surface area contributed by atoms with Gasteiger partial charge in [0.15, 0.2) is 6.21 Å². The van der Waals surface area contributed by atoms with E-state index in [2.05, 4.69) is 0 Å². The summed E-state index contributed by atoms with van der Waals surface area (Å²) in [7, 11) is 0. The van der Waals surface area contributed by atoms with E-state index in [4.69, 9.17) is 4.74 Å². The summed E-state index contributed by atoms with van der Waals surface area (Å²) in [5.41, 5.74) is -1.04. The molecule has 2 atom stereocenters. The zero-order chi connectivity index (χ0) is 10.9. The highest BCUT2D eigenvalue weighted by atomic mass is 16.6. The summed E-state index contributed by atoms with van der Waals surface area (Å²) >= 11 is 0. The summed E-state index contributed by atoms with van der Waals surface area (Å²) in [5.74, 6) is -0.421. The van der Waals surface area contributed by atoms with E-state index in [-0.39, 0.29) is 12.0 Å². The lowest BCUT2D eigenvalue weighted by Crippen LogP contribution is -2.48. The Labute approximate surface area is 84.1 Å². The molecule has 0 aromatic rings. The number of carbonyl (C=O) groups is 1. The fourth-order valence-corrected chi connectivity index (χ4v) is 1.51. The van der Waals surface area contributed by atoms with Gasteiger partial charge in [0.05, 0.1) is 6.10 Å². The molecule has 0 saturated carbocycles. The standard InChI is InChI=1S/C10H17NO3/c1-7(2)14-9(12)10(4)8(3)5-6-11(10)13/h6-8H,5H2,1-4H3. The summed E-state index contributed by atoms with van der Waals surface area (Å²) in [5, 5.41) is 11.5. The molecule has 0 aromatic heterocycles. The summed E-state index contributed by atoms with van der Waals surface area (Å²) < 4.78 is 5.80. The first kappa shape index (κ1) is 11.0. The third-order valence-electron chi connectivity index (χ3n) is 2.80. The molecule has 0 radical (unpaired) electrons. The van der Waals surface area contributed by atoms with E-state index in [0.29, 0.717) is 6.42 Å². The topological polar surface area (TPSA) is 52.4 Å². The molecule has 4 heteroatoms. The molecule has 1 aliphatic heterocycles. The van der Waals surface area contributed by atoms with Gasteiger partial charge in [0.2, 0.25) is 0 Å². The van der Waals surface area contributed by atoms with Crippen LogP contribution in [0, 0.1) is 11.1 Å². The molecule has 0 aromatic carbocycles. The van der Waals surface area contributed by atoms with Crippen LogP contribution >= 0.6 is 0 Å². The number of ether oxygens (including phenoxy) is 1. The van der Waals surface area contributed by atoms with Crippen LogP contribution in [-0.4, -0.2) is 28.6 Å². The fourth-order valence-electron chi connectivity index (χ4n) is 1.51. The second-order valence-corrected chi connectivity index (χ2v) is 4.25. The largest absolute Gasteiger partial charge is 0.623 e. The number of nitrogens with zero attached hydrogens (tertiary/aromatic N) is 1. The van der Waals surface area contributed by atoms with Crippen molar-refractivity contribution in [2.24, 2.45) is 5.92 Å². The number of carbonyl (C=O) groups excluding carboxylic acids is 1. The van der Waals surface area contributed by atoms with Crippen molar-refractivity contribution in [3.05, 3.63) is 5.21 Å². The van der Waals surface area contributed by atoms with Crippen LogP contribution in [0.3, 0.4) is 0 Å². The number of rotatable bonds is 2. The molecular weight excluding hydrogens is 182 g/mol. The van der Waals surface area contributed by atoms with Gasteiger partial charge < -0.3 is 9.94 Å². The van der Waals surface area contributed by atoms with Crippen LogP contribution in [0.4, 0.5) is 0 Å². The predicted octanol–water partition coefficient (Wildman–Crippen LogP) is 1.32. The summed E-state index contributed by atoms with van der Waals surface area (Å²) in [6, 6.07) is 0. The monoisotopic (exact) mass is 199 g/mol. The molecule has 1 heterocycles. The lowest BCUT2D eigenvalue weighted by molar-refractivity contribution is -0.525. The molecule has 1 rings (SSSR count). The van der Waals surface area contributed by atoms with Gasteiger partial charge in [-0.3, -0.25) is 0 Å². The van der Waals surface area contributed by atoms with Crippen LogP contribution in [0.25, 0.3) is 0 Å². The molecule has 0 amide bonds. The average molecular weight is 199 g/mol. The molecule has 0 aliphatic carbocycles. The minimum atomic E-state index is -1.04. The van der Waals surface area contributed by atoms with Crippen molar-refractivity contribution in [2.45, 2.75) is 45.8 Å². The van der Waals surface area contributed by atoms with Crippen LogP contribution in [0.2, 0.25) is 0 Å². The van der Waals surface area contributed by atoms with Gasteiger partial charge in [0.25, 0.3) is 5.54 Å². The van der Waals surface area contributed by atoms with Gasteiger partial charge in [-0.25, -0.2) is 4.79 Å². The van der Waals surface area contributed by atoms with Gasteiger partial charge in [-0.2, -0.15) is 4.74 Å². The zero-order valence-corrected chi connectivity index (χ0v) is 9.11.